The number of carbonyl (C=O) groups is 1. The van der Waals surface area contributed by atoms with Crippen LogP contribution >= 0.6 is 0 Å². The van der Waals surface area contributed by atoms with Crippen molar-refractivity contribution in [2.24, 2.45) is 5.73 Å². The molecule has 0 aromatic heterocycles. The molecule has 2 unspecified atom stereocenters. The zero-order chi connectivity index (χ0) is 14.4. The van der Waals surface area contributed by atoms with E-state index in [-0.39, 0.29) is 24.7 Å². The van der Waals surface area contributed by atoms with Crippen molar-refractivity contribution in [2.75, 3.05) is 13.2 Å². The Morgan fingerprint density at radius 1 is 1.45 bits per heavy atom. The minimum Gasteiger partial charge on any atom is -0.484 e. The Labute approximate surface area is 119 Å². The lowest BCUT2D eigenvalue weighted by atomic mass is 10.0. The first kappa shape index (κ1) is 14.8. The maximum atomic E-state index is 11.8. The predicted molar refractivity (Wildman–Crippen MR) is 76.4 cm³/mol. The van der Waals surface area contributed by atoms with E-state index in [2.05, 4.69) is 5.32 Å². The molecule has 5 heteroatoms. The lowest BCUT2D eigenvalue weighted by Gasteiger charge is -2.27. The first-order chi connectivity index (χ1) is 9.67. The summed E-state index contributed by atoms with van der Waals surface area (Å²) in [5.74, 6) is 0.588. The van der Waals surface area contributed by atoms with Crippen LogP contribution < -0.4 is 15.8 Å². The van der Waals surface area contributed by atoms with Crippen LogP contribution in [0.25, 0.3) is 0 Å². The number of carbonyl (C=O) groups excluding carboxylic acids is 1. The topological polar surface area (TPSA) is 73.6 Å². The lowest BCUT2D eigenvalue weighted by molar-refractivity contribution is -0.124. The van der Waals surface area contributed by atoms with Gasteiger partial charge < -0.3 is 20.5 Å². The molecule has 0 spiro atoms. The zero-order valence-electron chi connectivity index (χ0n) is 11.8. The molecule has 1 aliphatic rings. The highest BCUT2D eigenvalue weighted by molar-refractivity contribution is 5.77. The van der Waals surface area contributed by atoms with Gasteiger partial charge in [-0.1, -0.05) is 12.1 Å². The maximum Gasteiger partial charge on any atom is 0.258 e. The first-order valence-electron chi connectivity index (χ1n) is 7.00. The van der Waals surface area contributed by atoms with Crippen molar-refractivity contribution in [3.8, 4) is 5.75 Å². The number of benzene rings is 1. The smallest absolute Gasteiger partial charge is 0.258 e. The molecule has 5 nitrogen and oxygen atoms in total. The molecule has 1 aromatic carbocycles. The molecule has 0 radical (unpaired) electrons. The molecule has 1 aliphatic heterocycles. The van der Waals surface area contributed by atoms with Crippen molar-refractivity contribution in [1.29, 1.82) is 0 Å². The van der Waals surface area contributed by atoms with Gasteiger partial charge in [0.1, 0.15) is 5.75 Å². The Hall–Kier alpha value is -1.59. The molecular formula is C15H22N2O3. The molecule has 2 atom stereocenters. The van der Waals surface area contributed by atoms with Gasteiger partial charge in [0.25, 0.3) is 5.91 Å². The van der Waals surface area contributed by atoms with Gasteiger partial charge in [-0.05, 0) is 37.5 Å². The highest BCUT2D eigenvalue weighted by Crippen LogP contribution is 2.14. The molecule has 1 aromatic rings. The van der Waals surface area contributed by atoms with Crippen LogP contribution in [0.2, 0.25) is 0 Å². The predicted octanol–water partition coefficient (Wildman–Crippen LogP) is 1.21. The van der Waals surface area contributed by atoms with Gasteiger partial charge in [0.15, 0.2) is 6.61 Å². The summed E-state index contributed by atoms with van der Waals surface area (Å²) in [4.78, 5) is 11.8. The summed E-state index contributed by atoms with van der Waals surface area (Å²) in [6, 6.07) is 7.63. The molecule has 20 heavy (non-hydrogen) atoms. The zero-order valence-corrected chi connectivity index (χ0v) is 11.8. The van der Waals surface area contributed by atoms with E-state index < -0.39 is 0 Å². The number of hydrogen-bond donors (Lipinski definition) is 2. The minimum atomic E-state index is -0.0907. The van der Waals surface area contributed by atoms with Crippen molar-refractivity contribution >= 4 is 5.91 Å². The van der Waals surface area contributed by atoms with Crippen molar-refractivity contribution in [3.05, 3.63) is 29.8 Å². The second-order valence-corrected chi connectivity index (χ2v) is 5.11. The van der Waals surface area contributed by atoms with Gasteiger partial charge in [0.05, 0.1) is 6.10 Å². The molecule has 1 fully saturated rings. The second kappa shape index (κ2) is 7.26. The van der Waals surface area contributed by atoms with Gasteiger partial charge in [-0.25, -0.2) is 0 Å². The van der Waals surface area contributed by atoms with Gasteiger partial charge >= 0.3 is 0 Å². The summed E-state index contributed by atoms with van der Waals surface area (Å²) >= 11 is 0. The number of nitrogens with one attached hydrogen (secondary N) is 1. The van der Waals surface area contributed by atoms with Crippen LogP contribution in [0.5, 0.6) is 5.75 Å². The van der Waals surface area contributed by atoms with Crippen LogP contribution in [0.15, 0.2) is 24.3 Å². The average molecular weight is 278 g/mol. The van der Waals surface area contributed by atoms with E-state index in [0.29, 0.717) is 18.9 Å². The summed E-state index contributed by atoms with van der Waals surface area (Å²) in [6.45, 7) is 3.26. The largest absolute Gasteiger partial charge is 0.484 e. The number of amides is 1. The van der Waals surface area contributed by atoms with Crippen molar-refractivity contribution in [3.63, 3.8) is 0 Å². The highest BCUT2D eigenvalue weighted by atomic mass is 16.5. The van der Waals surface area contributed by atoms with Crippen LogP contribution in [0, 0.1) is 0 Å². The quantitative estimate of drug-likeness (QED) is 0.849. The van der Waals surface area contributed by atoms with E-state index in [1.54, 1.807) is 0 Å². The molecule has 110 valence electrons. The van der Waals surface area contributed by atoms with E-state index >= 15 is 0 Å². The SMILES string of the molecule is CC1CC(NC(=O)COc2ccc(CN)cc2)CCO1. The van der Waals surface area contributed by atoms with Crippen LogP contribution in [0.4, 0.5) is 0 Å². The number of ether oxygens (including phenoxy) is 2. The maximum absolute atomic E-state index is 11.8. The average Bonchev–Trinajstić information content (AvgIpc) is 2.46. The molecule has 1 saturated heterocycles. The van der Waals surface area contributed by atoms with Crippen LogP contribution in [0.3, 0.4) is 0 Å². The van der Waals surface area contributed by atoms with Crippen molar-refractivity contribution in [1.82, 2.24) is 5.32 Å². The van der Waals surface area contributed by atoms with Gasteiger partial charge in [0.2, 0.25) is 0 Å². The molecule has 1 amide bonds. The molecular weight excluding hydrogens is 256 g/mol. The summed E-state index contributed by atoms with van der Waals surface area (Å²) in [5, 5.41) is 2.98. The Kier molecular flexibility index (Phi) is 5.38. The lowest BCUT2D eigenvalue weighted by Crippen LogP contribution is -2.43. The Morgan fingerprint density at radius 3 is 2.85 bits per heavy atom. The van der Waals surface area contributed by atoms with E-state index in [1.165, 1.54) is 0 Å². The standard InChI is InChI=1S/C15H22N2O3/c1-11-8-13(6-7-19-11)17-15(18)10-20-14-4-2-12(9-16)3-5-14/h2-5,11,13H,6-10,16H2,1H3,(H,17,18). The Balaban J connectivity index is 1.73. The number of hydrogen-bond acceptors (Lipinski definition) is 4. The fourth-order valence-electron chi connectivity index (χ4n) is 2.27. The summed E-state index contributed by atoms with van der Waals surface area (Å²) in [6.07, 6.45) is 1.93. The minimum absolute atomic E-state index is 0.0354. The molecule has 0 aliphatic carbocycles. The normalized spacial score (nSPS) is 22.3. The summed E-state index contributed by atoms with van der Waals surface area (Å²) in [5.41, 5.74) is 6.56. The fraction of sp³-hybridized carbons (Fsp3) is 0.533. The molecule has 0 saturated carbocycles. The molecule has 1 heterocycles. The molecule has 2 rings (SSSR count). The van der Waals surface area contributed by atoms with Crippen LogP contribution in [-0.4, -0.2) is 31.3 Å². The molecule has 0 bridgehead atoms. The van der Waals surface area contributed by atoms with Gasteiger partial charge in [0, 0.05) is 19.2 Å². The van der Waals surface area contributed by atoms with Crippen molar-refractivity contribution in [2.45, 2.75) is 38.5 Å². The summed E-state index contributed by atoms with van der Waals surface area (Å²) < 4.78 is 10.9. The van der Waals surface area contributed by atoms with E-state index in [9.17, 15) is 4.79 Å². The monoisotopic (exact) mass is 278 g/mol. The van der Waals surface area contributed by atoms with E-state index in [1.807, 2.05) is 31.2 Å². The third-order valence-electron chi connectivity index (χ3n) is 3.38. The Bertz CT molecular complexity index is 433. The van der Waals surface area contributed by atoms with Gasteiger partial charge in [-0.2, -0.15) is 0 Å². The molecule has 3 N–H and O–H groups in total. The van der Waals surface area contributed by atoms with Crippen LogP contribution in [0.1, 0.15) is 25.3 Å². The number of rotatable bonds is 5. The van der Waals surface area contributed by atoms with Gasteiger partial charge in [-0.3, -0.25) is 4.79 Å². The van der Waals surface area contributed by atoms with E-state index in [4.69, 9.17) is 15.2 Å². The second-order valence-electron chi connectivity index (χ2n) is 5.11. The fourth-order valence-corrected chi connectivity index (χ4v) is 2.27. The van der Waals surface area contributed by atoms with Gasteiger partial charge in [-0.15, -0.1) is 0 Å². The number of nitrogens with two attached hydrogens (primary N) is 1. The van der Waals surface area contributed by atoms with Crippen molar-refractivity contribution < 1.29 is 14.3 Å². The van der Waals surface area contributed by atoms with E-state index in [0.717, 1.165) is 18.4 Å². The van der Waals surface area contributed by atoms with Crippen LogP contribution in [-0.2, 0) is 16.1 Å². The highest BCUT2D eigenvalue weighted by Gasteiger charge is 2.20. The Morgan fingerprint density at radius 2 is 2.20 bits per heavy atom. The summed E-state index contributed by atoms with van der Waals surface area (Å²) in [7, 11) is 0. The first-order valence-corrected chi connectivity index (χ1v) is 7.00. The third-order valence-corrected chi connectivity index (χ3v) is 3.38. The third kappa shape index (κ3) is 4.51.